The first-order valence-corrected chi connectivity index (χ1v) is 6.32. The van der Waals surface area contributed by atoms with Gasteiger partial charge in [-0.05, 0) is 32.1 Å². The highest BCUT2D eigenvalue weighted by atomic mass is 16.5. The monoisotopic (exact) mass is 252 g/mol. The zero-order valence-corrected chi connectivity index (χ0v) is 10.3. The van der Waals surface area contributed by atoms with Gasteiger partial charge in [0, 0.05) is 7.11 Å². The molecule has 98 valence electrons. The van der Waals surface area contributed by atoms with Gasteiger partial charge in [0.05, 0.1) is 12.1 Å². The molecule has 1 N–H and O–H groups in total. The van der Waals surface area contributed by atoms with E-state index in [0.29, 0.717) is 12.8 Å². The van der Waals surface area contributed by atoms with Gasteiger partial charge in [-0.25, -0.2) is 4.79 Å². The predicted octanol–water partition coefficient (Wildman–Crippen LogP) is 0.412. The topological polar surface area (TPSA) is 75.7 Å². The number of barbiturate groups is 1. The quantitative estimate of drug-likeness (QED) is 0.722. The summed E-state index contributed by atoms with van der Waals surface area (Å²) in [5.41, 5.74) is -0.950. The summed E-state index contributed by atoms with van der Waals surface area (Å²) < 4.78 is 5.33. The summed E-state index contributed by atoms with van der Waals surface area (Å²) in [4.78, 5) is 37.2. The summed E-state index contributed by atoms with van der Waals surface area (Å²) in [7, 11) is 1.59. The van der Waals surface area contributed by atoms with Crippen LogP contribution in [0.1, 0.15) is 32.1 Å². The molecule has 0 aromatic rings. The Morgan fingerprint density at radius 2 is 2.00 bits per heavy atom. The Balaban J connectivity index is 1.89. The SMILES string of the molecule is COC1CCCC1N1C(=O)NC(=O)C2(CC2)C1=O. The molecule has 6 heteroatoms. The number of ether oxygens (including phenoxy) is 1. The maximum Gasteiger partial charge on any atom is 0.331 e. The fourth-order valence-corrected chi connectivity index (χ4v) is 3.04. The van der Waals surface area contributed by atoms with Crippen molar-refractivity contribution in [3.8, 4) is 0 Å². The van der Waals surface area contributed by atoms with Crippen molar-refractivity contribution in [2.45, 2.75) is 44.2 Å². The minimum atomic E-state index is -0.950. The lowest BCUT2D eigenvalue weighted by Crippen LogP contribution is -2.63. The number of hydrogen-bond acceptors (Lipinski definition) is 4. The molecule has 0 bridgehead atoms. The van der Waals surface area contributed by atoms with Crippen molar-refractivity contribution in [2.24, 2.45) is 5.41 Å². The molecule has 3 rings (SSSR count). The second-order valence-electron chi connectivity index (χ2n) is 5.29. The number of imide groups is 2. The van der Waals surface area contributed by atoms with E-state index in [1.807, 2.05) is 0 Å². The van der Waals surface area contributed by atoms with Gasteiger partial charge in [-0.2, -0.15) is 0 Å². The van der Waals surface area contributed by atoms with Crippen LogP contribution in [0.25, 0.3) is 0 Å². The van der Waals surface area contributed by atoms with Crippen LogP contribution < -0.4 is 5.32 Å². The largest absolute Gasteiger partial charge is 0.379 e. The number of carbonyl (C=O) groups is 3. The van der Waals surface area contributed by atoms with Gasteiger partial charge in [-0.1, -0.05) is 0 Å². The first-order valence-electron chi connectivity index (χ1n) is 6.32. The summed E-state index contributed by atoms with van der Waals surface area (Å²) in [6.07, 6.45) is 3.52. The molecule has 6 nitrogen and oxygen atoms in total. The summed E-state index contributed by atoms with van der Waals surface area (Å²) >= 11 is 0. The Kier molecular flexibility index (Phi) is 2.45. The smallest absolute Gasteiger partial charge is 0.331 e. The molecule has 1 spiro atoms. The Labute approximate surface area is 105 Å². The predicted molar refractivity (Wildman–Crippen MR) is 60.5 cm³/mol. The van der Waals surface area contributed by atoms with E-state index in [4.69, 9.17) is 4.74 Å². The number of nitrogens with zero attached hydrogens (tertiary/aromatic N) is 1. The molecule has 3 fully saturated rings. The Morgan fingerprint density at radius 3 is 2.61 bits per heavy atom. The molecular weight excluding hydrogens is 236 g/mol. The number of rotatable bonds is 2. The molecule has 2 atom stereocenters. The minimum Gasteiger partial charge on any atom is -0.379 e. The van der Waals surface area contributed by atoms with Crippen LogP contribution in [0.5, 0.6) is 0 Å². The molecule has 4 amide bonds. The molecule has 2 saturated carbocycles. The van der Waals surface area contributed by atoms with Crippen LogP contribution in [0.15, 0.2) is 0 Å². The summed E-state index contributed by atoms with van der Waals surface area (Å²) in [6.45, 7) is 0. The highest BCUT2D eigenvalue weighted by Crippen LogP contribution is 2.50. The fraction of sp³-hybridized carbons (Fsp3) is 0.750. The van der Waals surface area contributed by atoms with Crippen LogP contribution in [0, 0.1) is 5.41 Å². The average molecular weight is 252 g/mol. The third-order valence-corrected chi connectivity index (χ3v) is 4.30. The van der Waals surface area contributed by atoms with E-state index >= 15 is 0 Å². The number of carbonyl (C=O) groups excluding carboxylic acids is 3. The molecule has 18 heavy (non-hydrogen) atoms. The maximum atomic E-state index is 12.4. The van der Waals surface area contributed by atoms with E-state index < -0.39 is 17.4 Å². The van der Waals surface area contributed by atoms with E-state index in [2.05, 4.69) is 5.32 Å². The third-order valence-electron chi connectivity index (χ3n) is 4.30. The van der Waals surface area contributed by atoms with Crippen LogP contribution in [0.2, 0.25) is 0 Å². The molecule has 2 unspecified atom stereocenters. The second kappa shape index (κ2) is 3.78. The zero-order valence-electron chi connectivity index (χ0n) is 10.3. The first-order chi connectivity index (χ1) is 8.60. The van der Waals surface area contributed by atoms with Crippen LogP contribution in [0.4, 0.5) is 4.79 Å². The lowest BCUT2D eigenvalue weighted by atomic mass is 9.99. The molecule has 1 aliphatic heterocycles. The van der Waals surface area contributed by atoms with E-state index in [1.165, 1.54) is 4.90 Å². The molecule has 1 heterocycles. The van der Waals surface area contributed by atoms with Crippen LogP contribution in [-0.4, -0.2) is 42.0 Å². The van der Waals surface area contributed by atoms with Crippen LogP contribution in [0.3, 0.4) is 0 Å². The van der Waals surface area contributed by atoms with E-state index in [9.17, 15) is 14.4 Å². The Morgan fingerprint density at radius 1 is 1.28 bits per heavy atom. The molecule has 2 aliphatic carbocycles. The minimum absolute atomic E-state index is 0.108. The average Bonchev–Trinajstić information content (AvgIpc) is 3.02. The van der Waals surface area contributed by atoms with Crippen molar-refractivity contribution in [1.82, 2.24) is 10.2 Å². The Bertz CT molecular complexity index is 430. The van der Waals surface area contributed by atoms with Gasteiger partial charge in [0.2, 0.25) is 11.8 Å². The number of nitrogens with one attached hydrogen (secondary N) is 1. The normalized spacial score (nSPS) is 34.1. The number of amides is 4. The van der Waals surface area contributed by atoms with Gasteiger partial charge >= 0.3 is 6.03 Å². The van der Waals surface area contributed by atoms with Crippen molar-refractivity contribution in [2.75, 3.05) is 7.11 Å². The fourth-order valence-electron chi connectivity index (χ4n) is 3.04. The standard InChI is InChI=1S/C12H16N2O4/c1-18-8-4-2-3-7(8)14-10(16)12(5-6-12)9(15)13-11(14)17/h7-8H,2-6H2,1H3,(H,13,15,17). The first kappa shape index (κ1) is 11.6. The molecule has 3 aliphatic rings. The van der Waals surface area contributed by atoms with Crippen molar-refractivity contribution < 1.29 is 19.1 Å². The number of hydrogen-bond donors (Lipinski definition) is 1. The van der Waals surface area contributed by atoms with E-state index in [1.54, 1.807) is 7.11 Å². The van der Waals surface area contributed by atoms with Crippen molar-refractivity contribution >= 4 is 17.8 Å². The third kappa shape index (κ3) is 1.41. The van der Waals surface area contributed by atoms with Crippen molar-refractivity contribution in [3.63, 3.8) is 0 Å². The van der Waals surface area contributed by atoms with E-state index in [-0.39, 0.29) is 18.1 Å². The number of methoxy groups -OCH3 is 1. The molecule has 1 saturated heterocycles. The van der Waals surface area contributed by atoms with Crippen molar-refractivity contribution in [3.05, 3.63) is 0 Å². The maximum absolute atomic E-state index is 12.4. The van der Waals surface area contributed by atoms with Gasteiger partial charge in [0.25, 0.3) is 0 Å². The second-order valence-corrected chi connectivity index (χ2v) is 5.29. The number of urea groups is 1. The highest BCUT2D eigenvalue weighted by molar-refractivity contribution is 6.21. The summed E-state index contributed by atoms with van der Waals surface area (Å²) in [5.74, 6) is -0.758. The summed E-state index contributed by atoms with van der Waals surface area (Å²) in [5, 5.41) is 2.31. The summed E-state index contributed by atoms with van der Waals surface area (Å²) in [6, 6.07) is -0.815. The van der Waals surface area contributed by atoms with Crippen LogP contribution in [-0.2, 0) is 14.3 Å². The Hall–Kier alpha value is -1.43. The van der Waals surface area contributed by atoms with Crippen LogP contribution >= 0.6 is 0 Å². The zero-order chi connectivity index (χ0) is 12.9. The van der Waals surface area contributed by atoms with Gasteiger partial charge in [-0.3, -0.25) is 19.8 Å². The molecular formula is C12H16N2O4. The lowest BCUT2D eigenvalue weighted by Gasteiger charge is -2.36. The van der Waals surface area contributed by atoms with Gasteiger partial charge in [0.1, 0.15) is 5.41 Å². The van der Waals surface area contributed by atoms with Gasteiger partial charge < -0.3 is 4.74 Å². The molecule has 0 radical (unpaired) electrons. The van der Waals surface area contributed by atoms with Gasteiger partial charge in [0.15, 0.2) is 0 Å². The lowest BCUT2D eigenvalue weighted by molar-refractivity contribution is -0.147. The molecule has 0 aromatic heterocycles. The van der Waals surface area contributed by atoms with Gasteiger partial charge in [-0.15, -0.1) is 0 Å². The van der Waals surface area contributed by atoms with Crippen molar-refractivity contribution in [1.29, 1.82) is 0 Å². The highest BCUT2D eigenvalue weighted by Gasteiger charge is 2.63. The van der Waals surface area contributed by atoms with E-state index in [0.717, 1.165) is 19.3 Å². The molecule has 0 aromatic carbocycles.